The zero-order chi connectivity index (χ0) is 15.4. The van der Waals surface area contributed by atoms with E-state index in [1.807, 2.05) is 26.8 Å². The molecule has 1 aromatic carbocycles. The Labute approximate surface area is 124 Å². The molecule has 1 saturated heterocycles. The number of nitro groups is 1. The van der Waals surface area contributed by atoms with Crippen LogP contribution in [-0.2, 0) is 4.74 Å². The standard InChI is InChI=1S/C15H22N2O4/c1-11-4-5-15(14(8-11)17(18)19)20-7-6-16-9-12(2)21-13(3)10-16/h4-5,8,12-13H,6-7,9-10H2,1-3H3/t12-,13+. The molecule has 1 aliphatic heterocycles. The minimum atomic E-state index is -0.402. The van der Waals surface area contributed by atoms with Crippen LogP contribution >= 0.6 is 0 Å². The summed E-state index contributed by atoms with van der Waals surface area (Å²) in [5, 5.41) is 11.0. The fourth-order valence-electron chi connectivity index (χ4n) is 2.64. The van der Waals surface area contributed by atoms with Crippen LogP contribution in [0.25, 0.3) is 0 Å². The van der Waals surface area contributed by atoms with Crippen molar-refractivity contribution < 1.29 is 14.4 Å². The van der Waals surface area contributed by atoms with Crippen molar-refractivity contribution in [2.75, 3.05) is 26.2 Å². The summed E-state index contributed by atoms with van der Waals surface area (Å²) in [6.07, 6.45) is 0.421. The highest BCUT2D eigenvalue weighted by Gasteiger charge is 2.22. The van der Waals surface area contributed by atoms with Crippen molar-refractivity contribution in [3.63, 3.8) is 0 Å². The monoisotopic (exact) mass is 294 g/mol. The lowest BCUT2D eigenvalue weighted by Gasteiger charge is -2.35. The number of rotatable bonds is 5. The molecular weight excluding hydrogens is 272 g/mol. The molecule has 0 aliphatic carbocycles. The van der Waals surface area contributed by atoms with Gasteiger partial charge in [-0.25, -0.2) is 0 Å². The maximum absolute atomic E-state index is 11.0. The van der Waals surface area contributed by atoms with Crippen LogP contribution in [0.4, 0.5) is 5.69 Å². The minimum absolute atomic E-state index is 0.0266. The smallest absolute Gasteiger partial charge is 0.311 e. The lowest BCUT2D eigenvalue weighted by molar-refractivity contribution is -0.385. The summed E-state index contributed by atoms with van der Waals surface area (Å²) < 4.78 is 11.3. The number of morpholine rings is 1. The van der Waals surface area contributed by atoms with E-state index < -0.39 is 4.92 Å². The highest BCUT2D eigenvalue weighted by Crippen LogP contribution is 2.27. The molecular formula is C15H22N2O4. The van der Waals surface area contributed by atoms with E-state index in [2.05, 4.69) is 4.90 Å². The van der Waals surface area contributed by atoms with Crippen molar-refractivity contribution in [1.82, 2.24) is 4.90 Å². The van der Waals surface area contributed by atoms with Gasteiger partial charge in [0.25, 0.3) is 0 Å². The number of benzene rings is 1. The highest BCUT2D eigenvalue weighted by atomic mass is 16.6. The number of aryl methyl sites for hydroxylation is 1. The van der Waals surface area contributed by atoms with Gasteiger partial charge >= 0.3 is 5.69 Å². The number of hydrogen-bond donors (Lipinski definition) is 0. The lowest BCUT2D eigenvalue weighted by atomic mass is 10.2. The fourth-order valence-corrected chi connectivity index (χ4v) is 2.64. The summed E-state index contributed by atoms with van der Waals surface area (Å²) in [5.41, 5.74) is 0.878. The summed E-state index contributed by atoms with van der Waals surface area (Å²) in [7, 11) is 0. The van der Waals surface area contributed by atoms with Gasteiger partial charge in [-0.1, -0.05) is 6.07 Å². The summed E-state index contributed by atoms with van der Waals surface area (Å²) in [6.45, 7) is 8.83. The lowest BCUT2D eigenvalue weighted by Crippen LogP contribution is -2.46. The average molecular weight is 294 g/mol. The second-order valence-corrected chi connectivity index (χ2v) is 5.59. The van der Waals surface area contributed by atoms with E-state index in [0.717, 1.165) is 25.2 Å². The molecule has 1 heterocycles. The van der Waals surface area contributed by atoms with Gasteiger partial charge in [0.1, 0.15) is 6.61 Å². The Bertz CT molecular complexity index is 496. The molecule has 1 aromatic rings. The Balaban J connectivity index is 1.90. The molecule has 116 valence electrons. The van der Waals surface area contributed by atoms with E-state index in [1.165, 1.54) is 6.07 Å². The maximum atomic E-state index is 11.0. The summed E-state index contributed by atoms with van der Waals surface area (Å²) in [5.74, 6) is 0.333. The van der Waals surface area contributed by atoms with Crippen molar-refractivity contribution in [1.29, 1.82) is 0 Å². The van der Waals surface area contributed by atoms with Gasteiger partial charge in [-0.05, 0) is 32.4 Å². The third kappa shape index (κ3) is 4.41. The number of ether oxygens (including phenoxy) is 2. The molecule has 0 unspecified atom stereocenters. The van der Waals surface area contributed by atoms with Crippen molar-refractivity contribution in [3.05, 3.63) is 33.9 Å². The maximum Gasteiger partial charge on any atom is 0.311 e. The Hall–Kier alpha value is -1.66. The predicted octanol–water partition coefficient (Wildman–Crippen LogP) is 2.39. The van der Waals surface area contributed by atoms with Gasteiger partial charge in [0.2, 0.25) is 0 Å². The van der Waals surface area contributed by atoms with Gasteiger partial charge in [-0.3, -0.25) is 15.0 Å². The van der Waals surface area contributed by atoms with Crippen LogP contribution < -0.4 is 4.74 Å². The summed E-state index contributed by atoms with van der Waals surface area (Å²) in [4.78, 5) is 12.9. The third-order valence-electron chi connectivity index (χ3n) is 3.47. The molecule has 0 saturated carbocycles. The zero-order valence-corrected chi connectivity index (χ0v) is 12.7. The number of nitrogens with zero attached hydrogens (tertiary/aromatic N) is 2. The summed E-state index contributed by atoms with van der Waals surface area (Å²) >= 11 is 0. The van der Waals surface area contributed by atoms with Gasteiger partial charge in [0.05, 0.1) is 17.1 Å². The van der Waals surface area contributed by atoms with Crippen LogP contribution in [0.1, 0.15) is 19.4 Å². The largest absolute Gasteiger partial charge is 0.485 e. The van der Waals surface area contributed by atoms with E-state index in [-0.39, 0.29) is 17.9 Å². The first-order valence-electron chi connectivity index (χ1n) is 7.21. The Morgan fingerprint density at radius 2 is 2.05 bits per heavy atom. The molecule has 0 N–H and O–H groups in total. The highest BCUT2D eigenvalue weighted by molar-refractivity contribution is 5.48. The molecule has 6 heteroatoms. The predicted molar refractivity (Wildman–Crippen MR) is 79.8 cm³/mol. The molecule has 2 atom stereocenters. The van der Waals surface area contributed by atoms with Crippen LogP contribution in [0.5, 0.6) is 5.75 Å². The van der Waals surface area contributed by atoms with Gasteiger partial charge in [-0.2, -0.15) is 0 Å². The molecule has 0 aromatic heterocycles. The molecule has 21 heavy (non-hydrogen) atoms. The van der Waals surface area contributed by atoms with E-state index in [9.17, 15) is 10.1 Å². The van der Waals surface area contributed by atoms with E-state index in [4.69, 9.17) is 9.47 Å². The molecule has 1 aliphatic rings. The van der Waals surface area contributed by atoms with Gasteiger partial charge in [0, 0.05) is 25.7 Å². The van der Waals surface area contributed by atoms with Crippen LogP contribution in [0.2, 0.25) is 0 Å². The second kappa shape index (κ2) is 6.87. The van der Waals surface area contributed by atoms with Crippen molar-refractivity contribution in [3.8, 4) is 5.75 Å². The van der Waals surface area contributed by atoms with Crippen LogP contribution in [-0.4, -0.2) is 48.3 Å². The Morgan fingerprint density at radius 3 is 2.67 bits per heavy atom. The Kier molecular flexibility index (Phi) is 5.14. The first-order valence-corrected chi connectivity index (χ1v) is 7.21. The normalized spacial score (nSPS) is 23.0. The first-order chi connectivity index (χ1) is 9.95. The molecule has 1 fully saturated rings. The molecule has 0 bridgehead atoms. The van der Waals surface area contributed by atoms with E-state index in [0.29, 0.717) is 12.4 Å². The molecule has 6 nitrogen and oxygen atoms in total. The molecule has 0 spiro atoms. The van der Waals surface area contributed by atoms with Crippen LogP contribution in [0.3, 0.4) is 0 Å². The van der Waals surface area contributed by atoms with Crippen molar-refractivity contribution >= 4 is 5.69 Å². The zero-order valence-electron chi connectivity index (χ0n) is 12.7. The second-order valence-electron chi connectivity index (χ2n) is 5.59. The van der Waals surface area contributed by atoms with Crippen molar-refractivity contribution in [2.24, 2.45) is 0 Å². The van der Waals surface area contributed by atoms with Gasteiger partial charge < -0.3 is 9.47 Å². The number of hydrogen-bond acceptors (Lipinski definition) is 5. The fraction of sp³-hybridized carbons (Fsp3) is 0.600. The Morgan fingerprint density at radius 1 is 1.38 bits per heavy atom. The van der Waals surface area contributed by atoms with E-state index in [1.54, 1.807) is 6.07 Å². The molecule has 2 rings (SSSR count). The topological polar surface area (TPSA) is 64.8 Å². The van der Waals surface area contributed by atoms with Crippen LogP contribution in [0, 0.1) is 17.0 Å². The quantitative estimate of drug-likeness (QED) is 0.616. The van der Waals surface area contributed by atoms with E-state index >= 15 is 0 Å². The van der Waals surface area contributed by atoms with Gasteiger partial charge in [-0.15, -0.1) is 0 Å². The van der Waals surface area contributed by atoms with Crippen molar-refractivity contribution in [2.45, 2.75) is 33.0 Å². The molecule has 0 radical (unpaired) electrons. The molecule has 0 amide bonds. The SMILES string of the molecule is Cc1ccc(OCCN2C[C@@H](C)O[C@@H](C)C2)c([N+](=O)[O-])c1. The third-order valence-corrected chi connectivity index (χ3v) is 3.47. The average Bonchev–Trinajstić information content (AvgIpc) is 2.39. The number of nitro benzene ring substituents is 1. The first kappa shape index (κ1) is 15.7. The van der Waals surface area contributed by atoms with Crippen LogP contribution in [0.15, 0.2) is 18.2 Å². The minimum Gasteiger partial charge on any atom is -0.485 e. The van der Waals surface area contributed by atoms with Gasteiger partial charge in [0.15, 0.2) is 5.75 Å². The summed E-state index contributed by atoms with van der Waals surface area (Å²) in [6, 6.07) is 5.02.